The van der Waals surface area contributed by atoms with E-state index in [-0.39, 0.29) is 0 Å². The minimum Gasteiger partial charge on any atom is -0.298 e. The first-order valence-electron chi connectivity index (χ1n) is 14.3. The van der Waals surface area contributed by atoms with Crippen molar-refractivity contribution >= 4 is 49.4 Å². The molecule has 0 bridgehead atoms. The van der Waals surface area contributed by atoms with Crippen LogP contribution in [-0.2, 0) is 0 Å². The van der Waals surface area contributed by atoms with E-state index in [0.29, 0.717) is 0 Å². The molecule has 42 heavy (non-hydrogen) atoms. The zero-order valence-corrected chi connectivity index (χ0v) is 22.9. The molecule has 0 fully saturated rings. The van der Waals surface area contributed by atoms with Crippen LogP contribution in [0.2, 0.25) is 0 Å². The molecule has 0 N–H and O–H groups in total. The van der Waals surface area contributed by atoms with Crippen LogP contribution in [0.4, 0.5) is 0 Å². The molecule has 0 radical (unpaired) electrons. The smallest absolute Gasteiger partial charge is 0.151 e. The SMILES string of the molecule is O=Cc1c2ccccc2c(-c2ccc(-c3c4ccccc4c(-c4ccccc4)c4ccccc34)cc2)c2ccccc12. The summed E-state index contributed by atoms with van der Waals surface area (Å²) in [5, 5.41) is 9.15. The van der Waals surface area contributed by atoms with E-state index in [1.165, 1.54) is 43.8 Å². The lowest BCUT2D eigenvalue weighted by atomic mass is 9.85. The zero-order chi connectivity index (χ0) is 28.0. The molecule has 196 valence electrons. The van der Waals surface area contributed by atoms with Gasteiger partial charge in [0.1, 0.15) is 0 Å². The van der Waals surface area contributed by atoms with Crippen molar-refractivity contribution < 1.29 is 4.79 Å². The number of benzene rings is 8. The molecule has 0 amide bonds. The number of carbonyl (C=O) groups is 1. The Morgan fingerprint density at radius 1 is 0.286 bits per heavy atom. The third-order valence-corrected chi connectivity index (χ3v) is 8.55. The highest BCUT2D eigenvalue weighted by Crippen LogP contribution is 2.44. The third-order valence-electron chi connectivity index (χ3n) is 8.55. The van der Waals surface area contributed by atoms with E-state index < -0.39 is 0 Å². The van der Waals surface area contributed by atoms with E-state index >= 15 is 0 Å². The van der Waals surface area contributed by atoms with E-state index in [1.807, 2.05) is 12.1 Å². The second-order valence-electron chi connectivity index (χ2n) is 10.8. The Kier molecular flexibility index (Phi) is 5.68. The minimum atomic E-state index is 0.748. The largest absolute Gasteiger partial charge is 0.298 e. The van der Waals surface area contributed by atoms with E-state index in [4.69, 9.17) is 0 Å². The van der Waals surface area contributed by atoms with Crippen LogP contribution in [0.5, 0.6) is 0 Å². The van der Waals surface area contributed by atoms with Gasteiger partial charge in [-0.25, -0.2) is 0 Å². The lowest BCUT2D eigenvalue weighted by Crippen LogP contribution is -1.93. The van der Waals surface area contributed by atoms with Crippen LogP contribution in [0, 0.1) is 0 Å². The predicted octanol–water partition coefficient (Wildman–Crippen LogP) is 11.1. The van der Waals surface area contributed by atoms with Gasteiger partial charge in [-0.2, -0.15) is 0 Å². The average Bonchev–Trinajstić information content (AvgIpc) is 3.06. The van der Waals surface area contributed by atoms with Crippen LogP contribution in [0.15, 0.2) is 152 Å². The van der Waals surface area contributed by atoms with Gasteiger partial charge in [-0.1, -0.05) is 152 Å². The lowest BCUT2D eigenvalue weighted by Gasteiger charge is -2.18. The molecular weight excluding hydrogens is 508 g/mol. The molecule has 0 saturated heterocycles. The monoisotopic (exact) mass is 534 g/mol. The summed E-state index contributed by atoms with van der Waals surface area (Å²) < 4.78 is 0. The molecule has 0 aliphatic rings. The van der Waals surface area contributed by atoms with Gasteiger partial charge in [0.15, 0.2) is 6.29 Å². The predicted molar refractivity (Wildman–Crippen MR) is 178 cm³/mol. The van der Waals surface area contributed by atoms with Gasteiger partial charge in [0.25, 0.3) is 0 Å². The summed E-state index contributed by atoms with van der Waals surface area (Å²) in [4.78, 5) is 12.2. The number of fused-ring (bicyclic) bond motifs is 4. The average molecular weight is 535 g/mol. The van der Waals surface area contributed by atoms with Crippen molar-refractivity contribution in [2.75, 3.05) is 0 Å². The van der Waals surface area contributed by atoms with Gasteiger partial charge in [0, 0.05) is 5.56 Å². The Morgan fingerprint density at radius 2 is 0.548 bits per heavy atom. The molecule has 0 aromatic heterocycles. The summed E-state index contributed by atoms with van der Waals surface area (Å²) in [5.74, 6) is 0. The first kappa shape index (κ1) is 24.3. The van der Waals surface area contributed by atoms with Crippen molar-refractivity contribution in [2.24, 2.45) is 0 Å². The summed E-state index contributed by atoms with van der Waals surface area (Å²) in [6, 6.07) is 53.7. The molecule has 0 heterocycles. The quantitative estimate of drug-likeness (QED) is 0.162. The summed E-state index contributed by atoms with van der Waals surface area (Å²) in [7, 11) is 0. The Labute approximate surface area is 244 Å². The summed E-state index contributed by atoms with van der Waals surface area (Å²) >= 11 is 0. The molecule has 0 saturated carbocycles. The first-order valence-corrected chi connectivity index (χ1v) is 14.3. The van der Waals surface area contributed by atoms with Gasteiger partial charge in [-0.3, -0.25) is 4.79 Å². The van der Waals surface area contributed by atoms with Crippen molar-refractivity contribution in [2.45, 2.75) is 0 Å². The van der Waals surface area contributed by atoms with E-state index in [0.717, 1.165) is 44.5 Å². The van der Waals surface area contributed by atoms with Crippen molar-refractivity contribution in [3.63, 3.8) is 0 Å². The standard InChI is InChI=1S/C41H26O/c42-26-38-30-14-4-6-16-32(30)40(33-17-7-5-15-31(33)38)28-22-24-29(25-23-28)41-36-20-10-8-18-34(36)39(27-12-2-1-3-13-27)35-19-9-11-21-37(35)41/h1-26H. The topological polar surface area (TPSA) is 17.1 Å². The lowest BCUT2D eigenvalue weighted by molar-refractivity contribution is 0.112. The van der Waals surface area contributed by atoms with Crippen molar-refractivity contribution in [1.82, 2.24) is 0 Å². The van der Waals surface area contributed by atoms with Crippen LogP contribution in [0.1, 0.15) is 10.4 Å². The van der Waals surface area contributed by atoms with E-state index in [2.05, 4.69) is 140 Å². The van der Waals surface area contributed by atoms with Crippen LogP contribution in [-0.4, -0.2) is 6.29 Å². The normalized spacial score (nSPS) is 11.4. The maximum absolute atomic E-state index is 12.2. The molecule has 0 atom stereocenters. The maximum atomic E-state index is 12.2. The van der Waals surface area contributed by atoms with Gasteiger partial charge in [0.2, 0.25) is 0 Å². The molecule has 0 aliphatic heterocycles. The number of hydrogen-bond acceptors (Lipinski definition) is 1. The number of hydrogen-bond donors (Lipinski definition) is 0. The van der Waals surface area contributed by atoms with Gasteiger partial charge >= 0.3 is 0 Å². The Morgan fingerprint density at radius 3 is 0.881 bits per heavy atom. The molecule has 0 unspecified atom stereocenters. The van der Waals surface area contributed by atoms with E-state index in [9.17, 15) is 4.79 Å². The first-order chi connectivity index (χ1) is 20.8. The van der Waals surface area contributed by atoms with Crippen LogP contribution in [0.3, 0.4) is 0 Å². The van der Waals surface area contributed by atoms with Gasteiger partial charge in [-0.15, -0.1) is 0 Å². The zero-order valence-electron chi connectivity index (χ0n) is 22.9. The molecule has 0 spiro atoms. The molecule has 1 heteroatoms. The van der Waals surface area contributed by atoms with Crippen molar-refractivity contribution in [3.8, 4) is 33.4 Å². The fraction of sp³-hybridized carbons (Fsp3) is 0. The highest BCUT2D eigenvalue weighted by Gasteiger charge is 2.18. The van der Waals surface area contributed by atoms with Crippen LogP contribution in [0.25, 0.3) is 76.5 Å². The summed E-state index contributed by atoms with van der Waals surface area (Å²) in [5.41, 5.74) is 7.98. The fourth-order valence-electron chi connectivity index (χ4n) is 6.76. The number of aldehydes is 1. The van der Waals surface area contributed by atoms with Gasteiger partial charge in [-0.05, 0) is 76.5 Å². The molecule has 8 aromatic rings. The maximum Gasteiger partial charge on any atom is 0.151 e. The Hall–Kier alpha value is -5.53. The Balaban J connectivity index is 1.39. The molecule has 0 aliphatic carbocycles. The molecule has 8 aromatic carbocycles. The van der Waals surface area contributed by atoms with Crippen molar-refractivity contribution in [3.05, 3.63) is 157 Å². The Bertz CT molecular complexity index is 2180. The third kappa shape index (κ3) is 3.68. The van der Waals surface area contributed by atoms with Crippen LogP contribution >= 0.6 is 0 Å². The number of carbonyl (C=O) groups excluding carboxylic acids is 1. The molecular formula is C41H26O. The fourth-order valence-corrected chi connectivity index (χ4v) is 6.76. The number of rotatable bonds is 4. The minimum absolute atomic E-state index is 0.748. The van der Waals surface area contributed by atoms with Crippen molar-refractivity contribution in [1.29, 1.82) is 0 Å². The second-order valence-corrected chi connectivity index (χ2v) is 10.8. The van der Waals surface area contributed by atoms with Gasteiger partial charge in [0.05, 0.1) is 0 Å². The second kappa shape index (κ2) is 9.83. The molecule has 1 nitrogen and oxygen atoms in total. The molecule has 8 rings (SSSR count). The summed E-state index contributed by atoms with van der Waals surface area (Å²) in [6.07, 6.45) is 0.993. The van der Waals surface area contributed by atoms with Crippen LogP contribution < -0.4 is 0 Å². The van der Waals surface area contributed by atoms with E-state index in [1.54, 1.807) is 0 Å². The summed E-state index contributed by atoms with van der Waals surface area (Å²) in [6.45, 7) is 0. The highest BCUT2D eigenvalue weighted by molar-refractivity contribution is 6.22. The van der Waals surface area contributed by atoms with Gasteiger partial charge < -0.3 is 0 Å². The highest BCUT2D eigenvalue weighted by atomic mass is 16.1.